The van der Waals surface area contributed by atoms with Gasteiger partial charge in [-0.3, -0.25) is 0 Å². The molecule has 0 aliphatic heterocycles. The third-order valence-electron chi connectivity index (χ3n) is 2.37. The van der Waals surface area contributed by atoms with E-state index in [0.29, 0.717) is 11.6 Å². The van der Waals surface area contributed by atoms with Gasteiger partial charge in [0.1, 0.15) is 5.82 Å². The summed E-state index contributed by atoms with van der Waals surface area (Å²) in [6.45, 7) is 0. The van der Waals surface area contributed by atoms with Crippen molar-refractivity contribution in [3.05, 3.63) is 35.9 Å². The molecular formula is C11H8FN5O2S. The molecule has 2 N–H and O–H groups in total. The zero-order valence-corrected chi connectivity index (χ0v) is 10.8. The van der Waals surface area contributed by atoms with Crippen LogP contribution in [0, 0.1) is 5.82 Å². The Morgan fingerprint density at radius 1 is 1.15 bits per heavy atom. The van der Waals surface area contributed by atoms with E-state index < -0.39 is 0 Å². The molecular weight excluding hydrogens is 285 g/mol. The normalized spacial score (nSPS) is 10.8. The van der Waals surface area contributed by atoms with E-state index in [0.717, 1.165) is 4.90 Å². The van der Waals surface area contributed by atoms with E-state index in [9.17, 15) is 4.39 Å². The van der Waals surface area contributed by atoms with E-state index in [4.69, 9.17) is 10.3 Å². The number of nitrogen functional groups attached to an aromatic ring is 1. The first-order chi connectivity index (χ1) is 9.72. The molecule has 2 aromatic heterocycles. The molecule has 0 aliphatic carbocycles. The second kappa shape index (κ2) is 5.29. The molecule has 3 rings (SSSR count). The van der Waals surface area contributed by atoms with Gasteiger partial charge < -0.3 is 10.3 Å². The Morgan fingerprint density at radius 2 is 1.95 bits per heavy atom. The molecule has 3 aromatic rings. The molecule has 0 spiro atoms. The van der Waals surface area contributed by atoms with Crippen LogP contribution in [0.2, 0.25) is 0 Å². The van der Waals surface area contributed by atoms with Crippen LogP contribution in [-0.4, -0.2) is 20.5 Å². The molecule has 2 heterocycles. The lowest BCUT2D eigenvalue weighted by atomic mass is 10.4. The number of benzene rings is 1. The average Bonchev–Trinajstić information content (AvgIpc) is 3.06. The molecule has 9 heteroatoms. The van der Waals surface area contributed by atoms with Gasteiger partial charge in [-0.15, -0.1) is 11.8 Å². The maximum absolute atomic E-state index is 12.8. The summed E-state index contributed by atoms with van der Waals surface area (Å²) < 4.78 is 22.2. The molecule has 0 amide bonds. The van der Waals surface area contributed by atoms with Crippen molar-refractivity contribution in [2.24, 2.45) is 0 Å². The molecule has 0 atom stereocenters. The van der Waals surface area contributed by atoms with Crippen molar-refractivity contribution in [1.82, 2.24) is 20.5 Å². The number of hydrogen-bond acceptors (Lipinski definition) is 8. The van der Waals surface area contributed by atoms with Crippen LogP contribution in [0.25, 0.3) is 11.6 Å². The largest absolute Gasteiger partial charge is 0.379 e. The lowest BCUT2D eigenvalue weighted by Gasteiger charge is -1.97. The molecule has 0 saturated carbocycles. The summed E-state index contributed by atoms with van der Waals surface area (Å²) in [5.74, 6) is 0.909. The van der Waals surface area contributed by atoms with Gasteiger partial charge in [0.15, 0.2) is 5.82 Å². The second-order valence-corrected chi connectivity index (χ2v) is 4.81. The Morgan fingerprint density at radius 3 is 2.65 bits per heavy atom. The number of thioether (sulfide) groups is 1. The molecule has 0 fully saturated rings. The van der Waals surface area contributed by atoms with E-state index in [1.165, 1.54) is 23.9 Å². The fraction of sp³-hybridized carbons (Fsp3) is 0.0909. The molecule has 7 nitrogen and oxygen atoms in total. The van der Waals surface area contributed by atoms with Crippen LogP contribution in [0.1, 0.15) is 5.82 Å². The van der Waals surface area contributed by atoms with Crippen LogP contribution in [0.3, 0.4) is 0 Å². The highest BCUT2D eigenvalue weighted by atomic mass is 32.2. The number of hydrogen-bond donors (Lipinski definition) is 1. The van der Waals surface area contributed by atoms with Gasteiger partial charge in [-0.25, -0.2) is 9.02 Å². The Kier molecular flexibility index (Phi) is 3.33. The number of aromatic nitrogens is 4. The average molecular weight is 293 g/mol. The first-order valence-electron chi connectivity index (χ1n) is 5.52. The van der Waals surface area contributed by atoms with E-state index >= 15 is 0 Å². The molecule has 0 aliphatic rings. The second-order valence-electron chi connectivity index (χ2n) is 3.76. The maximum atomic E-state index is 12.8. The predicted octanol–water partition coefficient (Wildman–Crippen LogP) is 2.13. The number of nitrogens with zero attached hydrogens (tertiary/aromatic N) is 4. The summed E-state index contributed by atoms with van der Waals surface area (Å²) in [5, 5.41) is 10.8. The van der Waals surface area contributed by atoms with Crippen molar-refractivity contribution in [3.63, 3.8) is 0 Å². The third-order valence-corrected chi connectivity index (χ3v) is 3.37. The van der Waals surface area contributed by atoms with Gasteiger partial charge in [-0.2, -0.15) is 4.98 Å². The molecule has 0 unspecified atom stereocenters. The minimum Gasteiger partial charge on any atom is -0.379 e. The van der Waals surface area contributed by atoms with E-state index in [1.54, 1.807) is 12.1 Å². The van der Waals surface area contributed by atoms with Gasteiger partial charge in [0.25, 0.3) is 5.89 Å². The third kappa shape index (κ3) is 2.62. The fourth-order valence-corrected chi connectivity index (χ4v) is 2.17. The van der Waals surface area contributed by atoms with Crippen LogP contribution < -0.4 is 5.73 Å². The SMILES string of the molecule is Nc1nonc1-c1nc(CSc2ccc(F)cc2)no1. The minimum atomic E-state index is -0.273. The zero-order valence-electron chi connectivity index (χ0n) is 9.99. The highest BCUT2D eigenvalue weighted by Gasteiger charge is 2.17. The highest BCUT2D eigenvalue weighted by Crippen LogP contribution is 2.24. The van der Waals surface area contributed by atoms with Crippen molar-refractivity contribution in [1.29, 1.82) is 0 Å². The smallest absolute Gasteiger partial charge is 0.284 e. The summed E-state index contributed by atoms with van der Waals surface area (Å²) in [5.41, 5.74) is 5.74. The van der Waals surface area contributed by atoms with Gasteiger partial charge >= 0.3 is 0 Å². The molecule has 0 saturated heterocycles. The van der Waals surface area contributed by atoms with Crippen molar-refractivity contribution >= 4 is 17.6 Å². The summed E-state index contributed by atoms with van der Waals surface area (Å²) in [4.78, 5) is 5.03. The fourth-order valence-electron chi connectivity index (χ4n) is 1.43. The summed E-state index contributed by atoms with van der Waals surface area (Å²) in [7, 11) is 0. The molecule has 102 valence electrons. The monoisotopic (exact) mass is 293 g/mol. The predicted molar refractivity (Wildman–Crippen MR) is 68.0 cm³/mol. The summed E-state index contributed by atoms with van der Waals surface area (Å²) >= 11 is 1.45. The van der Waals surface area contributed by atoms with Crippen LogP contribution >= 0.6 is 11.8 Å². The zero-order chi connectivity index (χ0) is 13.9. The molecule has 1 aromatic carbocycles. The number of nitrogens with two attached hydrogens (primary N) is 1. The molecule has 0 radical (unpaired) electrons. The van der Waals surface area contributed by atoms with Crippen LogP contribution in [-0.2, 0) is 5.75 Å². The van der Waals surface area contributed by atoms with Gasteiger partial charge in [0, 0.05) is 4.90 Å². The summed E-state index contributed by atoms with van der Waals surface area (Å²) in [6.07, 6.45) is 0. The lowest BCUT2D eigenvalue weighted by molar-refractivity contribution is 0.308. The van der Waals surface area contributed by atoms with Crippen molar-refractivity contribution in [3.8, 4) is 11.6 Å². The van der Waals surface area contributed by atoms with E-state index in [1.807, 2.05) is 0 Å². The van der Waals surface area contributed by atoms with Crippen molar-refractivity contribution in [2.75, 3.05) is 5.73 Å². The maximum Gasteiger partial charge on any atom is 0.284 e. The van der Waals surface area contributed by atoms with Crippen LogP contribution in [0.4, 0.5) is 10.2 Å². The topological polar surface area (TPSA) is 104 Å². The number of rotatable bonds is 4. The quantitative estimate of drug-likeness (QED) is 0.729. The van der Waals surface area contributed by atoms with E-state index in [-0.39, 0.29) is 23.2 Å². The van der Waals surface area contributed by atoms with Crippen LogP contribution in [0.15, 0.2) is 38.3 Å². The van der Waals surface area contributed by atoms with Gasteiger partial charge in [-0.05, 0) is 34.6 Å². The minimum absolute atomic E-state index is 0.0892. The Balaban J connectivity index is 1.69. The van der Waals surface area contributed by atoms with Crippen molar-refractivity contribution in [2.45, 2.75) is 10.6 Å². The van der Waals surface area contributed by atoms with Crippen LogP contribution in [0.5, 0.6) is 0 Å². The Hall–Kier alpha value is -2.42. The van der Waals surface area contributed by atoms with Crippen molar-refractivity contribution < 1.29 is 13.5 Å². The van der Waals surface area contributed by atoms with Gasteiger partial charge in [0.05, 0.1) is 5.75 Å². The standard InChI is InChI=1S/C11H8FN5O2S/c12-6-1-3-7(4-2-6)20-5-8-14-11(18-15-8)9-10(13)17-19-16-9/h1-4H,5H2,(H2,13,17). The number of halogens is 1. The van der Waals surface area contributed by atoms with Gasteiger partial charge in [-0.1, -0.05) is 5.16 Å². The highest BCUT2D eigenvalue weighted by molar-refractivity contribution is 7.98. The first-order valence-corrected chi connectivity index (χ1v) is 6.50. The summed E-state index contributed by atoms with van der Waals surface area (Å²) in [6, 6.07) is 6.15. The molecule has 20 heavy (non-hydrogen) atoms. The molecule has 0 bridgehead atoms. The van der Waals surface area contributed by atoms with Gasteiger partial charge in [0.2, 0.25) is 11.5 Å². The number of anilines is 1. The van der Waals surface area contributed by atoms with E-state index in [2.05, 4.69) is 25.1 Å². The Labute approximate surface area is 116 Å². The Bertz CT molecular complexity index is 712. The first kappa shape index (κ1) is 12.6. The lowest BCUT2D eigenvalue weighted by Crippen LogP contribution is -1.89.